The molecule has 0 aromatic carbocycles. The van der Waals surface area contributed by atoms with E-state index in [1.165, 1.54) is 6.92 Å². The Bertz CT molecular complexity index is 521. The van der Waals surface area contributed by atoms with E-state index in [4.69, 9.17) is 4.42 Å². The van der Waals surface area contributed by atoms with Crippen LogP contribution in [0.1, 0.15) is 23.2 Å². The Morgan fingerprint density at radius 1 is 1.38 bits per heavy atom. The number of hydrogen-bond donors (Lipinski definition) is 0. The van der Waals surface area contributed by atoms with Crippen LogP contribution in [0.25, 0.3) is 0 Å². The fraction of sp³-hybridized carbons (Fsp3) is 0.143. The summed E-state index contributed by atoms with van der Waals surface area (Å²) in [4.78, 5) is 11.1. The molecule has 1 aliphatic rings. The molecule has 80 valence electrons. The molecule has 0 bridgehead atoms. The molecule has 0 radical (unpaired) electrons. The van der Waals surface area contributed by atoms with Crippen molar-refractivity contribution in [3.05, 3.63) is 65.3 Å². The summed E-state index contributed by atoms with van der Waals surface area (Å²) >= 11 is 0. The van der Waals surface area contributed by atoms with Crippen molar-refractivity contribution >= 4 is 5.78 Å². The van der Waals surface area contributed by atoms with Gasteiger partial charge in [-0.2, -0.15) is 0 Å². The summed E-state index contributed by atoms with van der Waals surface area (Å²) in [6, 6.07) is 3.56. The summed E-state index contributed by atoms with van der Waals surface area (Å²) in [6.45, 7) is 1.50. The van der Waals surface area contributed by atoms with Crippen LogP contribution in [0.5, 0.6) is 0 Å². The summed E-state index contributed by atoms with van der Waals surface area (Å²) in [7, 11) is 0. The van der Waals surface area contributed by atoms with Gasteiger partial charge in [0.1, 0.15) is 5.76 Å². The Hall–Kier alpha value is -2.05. The van der Waals surface area contributed by atoms with Crippen molar-refractivity contribution in [2.75, 3.05) is 0 Å². The number of Topliss-reactive ketones (excluding diaryl/α,β-unsaturated/α-hetero) is 1. The normalized spacial score (nSPS) is 13.7. The summed E-state index contributed by atoms with van der Waals surface area (Å²) in [5, 5.41) is 0. The van der Waals surface area contributed by atoms with E-state index in [2.05, 4.69) is 5.73 Å². The van der Waals surface area contributed by atoms with Gasteiger partial charge >= 0.3 is 0 Å². The molecule has 0 saturated heterocycles. The van der Waals surface area contributed by atoms with Crippen LogP contribution in [0, 0.1) is 0 Å². The molecule has 0 N–H and O–H groups in total. The van der Waals surface area contributed by atoms with E-state index in [0.717, 1.165) is 11.3 Å². The van der Waals surface area contributed by atoms with Crippen molar-refractivity contribution in [1.29, 1.82) is 0 Å². The molecule has 0 atom stereocenters. The average molecular weight is 212 g/mol. The van der Waals surface area contributed by atoms with Crippen LogP contribution in [0.3, 0.4) is 0 Å². The van der Waals surface area contributed by atoms with Gasteiger partial charge in [0.2, 0.25) is 0 Å². The second-order valence-corrected chi connectivity index (χ2v) is 3.60. The maximum atomic E-state index is 11.1. The third kappa shape index (κ3) is 2.50. The van der Waals surface area contributed by atoms with Crippen LogP contribution in [-0.4, -0.2) is 5.78 Å². The lowest BCUT2D eigenvalue weighted by Gasteiger charge is -1.97. The standard InChI is InChI=1S/C14H12O2/c1-11(15)14-9-8-13(16-14)10-12-6-4-2-3-5-7-12/h2,4-9H,10H2,1H3. The van der Waals surface area contributed by atoms with Gasteiger partial charge < -0.3 is 4.42 Å². The third-order valence-electron chi connectivity index (χ3n) is 2.28. The van der Waals surface area contributed by atoms with E-state index in [-0.39, 0.29) is 5.78 Å². The maximum absolute atomic E-state index is 11.1. The molecule has 0 saturated carbocycles. The molecule has 0 amide bonds. The molecule has 2 heteroatoms. The van der Waals surface area contributed by atoms with Crippen molar-refractivity contribution in [2.24, 2.45) is 0 Å². The second-order valence-electron chi connectivity index (χ2n) is 3.60. The van der Waals surface area contributed by atoms with Gasteiger partial charge in [-0.25, -0.2) is 0 Å². The van der Waals surface area contributed by atoms with Gasteiger partial charge in [-0.1, -0.05) is 18.2 Å². The number of allylic oxidation sites excluding steroid dienone is 5. The number of hydrogen-bond acceptors (Lipinski definition) is 2. The molecule has 0 unspecified atom stereocenters. The first-order valence-electron chi connectivity index (χ1n) is 5.13. The highest BCUT2D eigenvalue weighted by molar-refractivity contribution is 5.91. The van der Waals surface area contributed by atoms with E-state index in [0.29, 0.717) is 12.2 Å². The topological polar surface area (TPSA) is 30.2 Å². The van der Waals surface area contributed by atoms with E-state index in [1.807, 2.05) is 36.4 Å². The van der Waals surface area contributed by atoms with Crippen molar-refractivity contribution in [1.82, 2.24) is 0 Å². The maximum Gasteiger partial charge on any atom is 0.194 e. The molecule has 1 heterocycles. The Kier molecular flexibility index (Phi) is 3.04. The van der Waals surface area contributed by atoms with Gasteiger partial charge in [-0.05, 0) is 29.9 Å². The van der Waals surface area contributed by atoms with Crippen molar-refractivity contribution in [2.45, 2.75) is 13.3 Å². The first kappa shape index (κ1) is 10.5. The van der Waals surface area contributed by atoms with Crippen molar-refractivity contribution in [3.63, 3.8) is 0 Å². The Labute approximate surface area is 94.3 Å². The van der Waals surface area contributed by atoms with E-state index < -0.39 is 0 Å². The van der Waals surface area contributed by atoms with Gasteiger partial charge in [-0.3, -0.25) is 4.79 Å². The predicted octanol–water partition coefficient (Wildman–Crippen LogP) is 3.23. The molecule has 1 aromatic heterocycles. The van der Waals surface area contributed by atoms with Crippen LogP contribution in [-0.2, 0) is 6.42 Å². The van der Waals surface area contributed by atoms with E-state index in [9.17, 15) is 4.79 Å². The zero-order chi connectivity index (χ0) is 11.4. The van der Waals surface area contributed by atoms with Gasteiger partial charge in [0.15, 0.2) is 11.5 Å². The summed E-state index contributed by atoms with van der Waals surface area (Å²) in [6.07, 6.45) is 10.3. The molecule has 0 spiro atoms. The summed E-state index contributed by atoms with van der Waals surface area (Å²) in [5.41, 5.74) is 4.12. The number of ketones is 1. The number of rotatable bonds is 3. The SMILES string of the molecule is CC(=O)c1ccc(CC2=CC=C=CC=C2)o1. The molecule has 2 nitrogen and oxygen atoms in total. The predicted molar refractivity (Wildman–Crippen MR) is 62.3 cm³/mol. The van der Waals surface area contributed by atoms with Gasteiger partial charge in [0.25, 0.3) is 0 Å². The van der Waals surface area contributed by atoms with Crippen LogP contribution in [0.15, 0.2) is 58.2 Å². The Morgan fingerprint density at radius 3 is 3.00 bits per heavy atom. The third-order valence-corrected chi connectivity index (χ3v) is 2.28. The number of furan rings is 1. The first-order valence-corrected chi connectivity index (χ1v) is 5.13. The van der Waals surface area contributed by atoms with Gasteiger partial charge in [0.05, 0.1) is 0 Å². The average Bonchev–Trinajstić information content (AvgIpc) is 2.56. The van der Waals surface area contributed by atoms with E-state index >= 15 is 0 Å². The van der Waals surface area contributed by atoms with Crippen LogP contribution in [0.4, 0.5) is 0 Å². The monoisotopic (exact) mass is 212 g/mol. The zero-order valence-corrected chi connectivity index (χ0v) is 9.07. The molecular formula is C14H12O2. The molecule has 0 fully saturated rings. The minimum Gasteiger partial charge on any atom is -0.458 e. The second kappa shape index (κ2) is 4.65. The fourth-order valence-electron chi connectivity index (χ4n) is 1.47. The molecular weight excluding hydrogens is 200 g/mol. The van der Waals surface area contributed by atoms with Gasteiger partial charge in [0, 0.05) is 13.3 Å². The van der Waals surface area contributed by atoms with Crippen LogP contribution in [0.2, 0.25) is 0 Å². The highest BCUT2D eigenvalue weighted by atomic mass is 16.3. The number of carbonyl (C=O) groups excluding carboxylic acids is 1. The summed E-state index contributed by atoms with van der Waals surface area (Å²) < 4.78 is 5.42. The van der Waals surface area contributed by atoms with Gasteiger partial charge in [-0.15, -0.1) is 5.73 Å². The molecule has 1 aliphatic carbocycles. The minimum absolute atomic E-state index is 0.0433. The highest BCUT2D eigenvalue weighted by Gasteiger charge is 2.06. The lowest BCUT2D eigenvalue weighted by atomic mass is 10.1. The lowest BCUT2D eigenvalue weighted by molar-refractivity contribution is 0.0985. The van der Waals surface area contributed by atoms with Crippen LogP contribution >= 0.6 is 0 Å². The summed E-state index contributed by atoms with van der Waals surface area (Å²) in [5.74, 6) is 1.18. The van der Waals surface area contributed by atoms with Crippen molar-refractivity contribution < 1.29 is 9.21 Å². The minimum atomic E-state index is -0.0433. The molecule has 16 heavy (non-hydrogen) atoms. The lowest BCUT2D eigenvalue weighted by Crippen LogP contribution is -1.88. The molecule has 1 aromatic rings. The number of carbonyl (C=O) groups is 1. The largest absolute Gasteiger partial charge is 0.458 e. The Balaban J connectivity index is 2.12. The molecule has 0 aliphatic heterocycles. The zero-order valence-electron chi connectivity index (χ0n) is 9.07. The Morgan fingerprint density at radius 2 is 2.25 bits per heavy atom. The highest BCUT2D eigenvalue weighted by Crippen LogP contribution is 2.14. The molecule has 2 rings (SSSR count). The first-order chi connectivity index (χ1) is 7.75. The van der Waals surface area contributed by atoms with Crippen LogP contribution < -0.4 is 0 Å². The fourth-order valence-corrected chi connectivity index (χ4v) is 1.47. The smallest absolute Gasteiger partial charge is 0.194 e. The van der Waals surface area contributed by atoms with Crippen molar-refractivity contribution in [3.8, 4) is 0 Å². The van der Waals surface area contributed by atoms with E-state index in [1.54, 1.807) is 6.07 Å². The quantitative estimate of drug-likeness (QED) is 0.568.